The summed E-state index contributed by atoms with van der Waals surface area (Å²) in [6, 6.07) is 9.05. The van der Waals surface area contributed by atoms with Crippen LogP contribution in [0.1, 0.15) is 26.2 Å². The number of nitrogens with zero attached hydrogens (tertiary/aromatic N) is 4. The highest BCUT2D eigenvalue weighted by molar-refractivity contribution is 7.99. The summed E-state index contributed by atoms with van der Waals surface area (Å²) in [5.74, 6) is -0.514. The molecule has 0 radical (unpaired) electrons. The predicted octanol–water partition coefficient (Wildman–Crippen LogP) is 4.23. The summed E-state index contributed by atoms with van der Waals surface area (Å²) in [7, 11) is 0. The van der Waals surface area contributed by atoms with Crippen molar-refractivity contribution in [2.24, 2.45) is 5.92 Å². The largest absolute Gasteiger partial charge is 0.406 e. The zero-order chi connectivity index (χ0) is 20.3. The average Bonchev–Trinajstić information content (AvgIpc) is 3.43. The van der Waals surface area contributed by atoms with E-state index in [2.05, 4.69) is 11.1 Å². The van der Waals surface area contributed by atoms with E-state index in [1.54, 1.807) is 6.92 Å². The molecular formula is C19H21F3N4OS. The first-order chi connectivity index (χ1) is 13.3. The number of carbonyl (C=O) groups excluding carboxylic acids is 1. The van der Waals surface area contributed by atoms with Crippen LogP contribution >= 0.6 is 11.8 Å². The molecule has 0 N–H and O–H groups in total. The molecule has 1 amide bonds. The molecule has 1 fully saturated rings. The number of aryl methyl sites for hydroxylation is 1. The second-order valence-corrected chi connectivity index (χ2v) is 7.89. The number of imidazole rings is 1. The van der Waals surface area contributed by atoms with Crippen LogP contribution in [0.15, 0.2) is 29.4 Å². The fourth-order valence-electron chi connectivity index (χ4n) is 3.24. The summed E-state index contributed by atoms with van der Waals surface area (Å²) in [6.07, 6.45) is -2.43. The lowest BCUT2D eigenvalue weighted by Gasteiger charge is -2.30. The van der Waals surface area contributed by atoms with Gasteiger partial charge in [0.05, 0.1) is 29.3 Å². The van der Waals surface area contributed by atoms with E-state index in [1.807, 2.05) is 28.8 Å². The van der Waals surface area contributed by atoms with Gasteiger partial charge in [-0.3, -0.25) is 4.79 Å². The summed E-state index contributed by atoms with van der Waals surface area (Å²) in [5.41, 5.74) is 1.57. The number of fused-ring (bicyclic) bond motifs is 1. The van der Waals surface area contributed by atoms with Gasteiger partial charge in [-0.25, -0.2) is 4.98 Å². The molecule has 0 bridgehead atoms. The monoisotopic (exact) mass is 410 g/mol. The minimum atomic E-state index is -4.43. The third-order valence-corrected chi connectivity index (χ3v) is 5.82. The third-order valence-electron chi connectivity index (χ3n) is 4.86. The van der Waals surface area contributed by atoms with Crippen molar-refractivity contribution in [3.63, 3.8) is 0 Å². The highest BCUT2D eigenvalue weighted by Gasteiger charge is 2.40. The van der Waals surface area contributed by atoms with E-state index in [-0.39, 0.29) is 18.1 Å². The van der Waals surface area contributed by atoms with Crippen LogP contribution in [0.2, 0.25) is 0 Å². The number of hydrogen-bond acceptors (Lipinski definition) is 4. The van der Waals surface area contributed by atoms with Crippen molar-refractivity contribution in [1.29, 1.82) is 5.26 Å². The molecule has 0 spiro atoms. The van der Waals surface area contributed by atoms with Crippen LogP contribution in [0, 0.1) is 17.2 Å². The Balaban J connectivity index is 1.76. The first-order valence-corrected chi connectivity index (χ1v) is 10.1. The molecule has 0 saturated heterocycles. The molecule has 0 aliphatic heterocycles. The van der Waals surface area contributed by atoms with Crippen LogP contribution in [-0.2, 0) is 11.3 Å². The lowest BCUT2D eigenvalue weighted by atomic mass is 10.2. The van der Waals surface area contributed by atoms with Gasteiger partial charge in [0.1, 0.15) is 6.54 Å². The second-order valence-electron chi connectivity index (χ2n) is 6.95. The number of nitriles is 1. The molecule has 1 aromatic carbocycles. The van der Waals surface area contributed by atoms with Crippen LogP contribution in [-0.4, -0.2) is 44.9 Å². The van der Waals surface area contributed by atoms with Crippen molar-refractivity contribution in [2.75, 3.05) is 12.3 Å². The van der Waals surface area contributed by atoms with Gasteiger partial charge in [-0.1, -0.05) is 23.9 Å². The minimum absolute atomic E-state index is 0.122. The number of hydrogen-bond donors (Lipinski definition) is 0. The molecule has 1 atom stereocenters. The van der Waals surface area contributed by atoms with Crippen molar-refractivity contribution < 1.29 is 18.0 Å². The van der Waals surface area contributed by atoms with E-state index < -0.39 is 24.7 Å². The number of rotatable bonds is 8. The van der Waals surface area contributed by atoms with Crippen molar-refractivity contribution in [3.8, 4) is 6.07 Å². The van der Waals surface area contributed by atoms with Crippen LogP contribution in [0.4, 0.5) is 13.2 Å². The van der Waals surface area contributed by atoms with Gasteiger partial charge in [0.2, 0.25) is 5.91 Å². The summed E-state index contributed by atoms with van der Waals surface area (Å²) >= 11 is 1.12. The smallest absolute Gasteiger partial charge is 0.330 e. The molecule has 9 heteroatoms. The fourth-order valence-corrected chi connectivity index (χ4v) is 4.16. The van der Waals surface area contributed by atoms with Gasteiger partial charge in [0.15, 0.2) is 5.16 Å². The molecule has 1 aliphatic carbocycles. The Morgan fingerprint density at radius 3 is 2.79 bits per heavy atom. The SMILES string of the molecule is C[C@@H](C1CC1)N(CC(F)(F)F)C(=O)CSc1nc2ccccc2n1CCC#N. The van der Waals surface area contributed by atoms with Crippen molar-refractivity contribution in [3.05, 3.63) is 24.3 Å². The Kier molecular flexibility index (Phi) is 6.18. The number of amides is 1. The van der Waals surface area contributed by atoms with Gasteiger partial charge in [0, 0.05) is 12.6 Å². The van der Waals surface area contributed by atoms with Gasteiger partial charge in [-0.15, -0.1) is 0 Å². The van der Waals surface area contributed by atoms with Crippen molar-refractivity contribution >= 4 is 28.7 Å². The molecule has 2 aromatic rings. The van der Waals surface area contributed by atoms with E-state index in [0.29, 0.717) is 11.7 Å². The van der Waals surface area contributed by atoms with E-state index in [9.17, 15) is 18.0 Å². The van der Waals surface area contributed by atoms with Crippen LogP contribution < -0.4 is 0 Å². The maximum Gasteiger partial charge on any atom is 0.406 e. The summed E-state index contributed by atoms with van der Waals surface area (Å²) in [5, 5.41) is 9.43. The Bertz CT molecular complexity index is 885. The highest BCUT2D eigenvalue weighted by Crippen LogP contribution is 2.36. The van der Waals surface area contributed by atoms with Gasteiger partial charge in [0.25, 0.3) is 0 Å². The lowest BCUT2D eigenvalue weighted by molar-refractivity contribution is -0.164. The van der Waals surface area contributed by atoms with Crippen LogP contribution in [0.5, 0.6) is 0 Å². The second kappa shape index (κ2) is 8.43. The predicted molar refractivity (Wildman–Crippen MR) is 101 cm³/mol. The zero-order valence-electron chi connectivity index (χ0n) is 15.4. The number of benzene rings is 1. The molecule has 28 heavy (non-hydrogen) atoms. The molecule has 5 nitrogen and oxygen atoms in total. The minimum Gasteiger partial charge on any atom is -0.330 e. The average molecular weight is 410 g/mol. The number of thioether (sulfide) groups is 1. The Morgan fingerprint density at radius 2 is 2.14 bits per heavy atom. The quantitative estimate of drug-likeness (QED) is 0.611. The van der Waals surface area contributed by atoms with E-state index in [1.165, 1.54) is 0 Å². The molecule has 1 aromatic heterocycles. The number of aromatic nitrogens is 2. The molecule has 1 saturated carbocycles. The summed E-state index contributed by atoms with van der Waals surface area (Å²) < 4.78 is 40.7. The number of halogens is 3. The molecule has 1 aliphatic rings. The maximum atomic E-state index is 13.0. The maximum absolute atomic E-state index is 13.0. The van der Waals surface area contributed by atoms with Crippen molar-refractivity contribution in [1.82, 2.24) is 14.5 Å². The topological polar surface area (TPSA) is 61.9 Å². The number of alkyl halides is 3. The van der Waals surface area contributed by atoms with Gasteiger partial charge >= 0.3 is 6.18 Å². The molecule has 1 heterocycles. The third kappa shape index (κ3) is 4.98. The Labute approximate surface area is 165 Å². The number of para-hydroxylation sites is 2. The van der Waals surface area contributed by atoms with E-state index in [0.717, 1.165) is 40.5 Å². The molecule has 3 rings (SSSR count). The first-order valence-electron chi connectivity index (χ1n) is 9.11. The standard InChI is InChI=1S/C19H21F3N4OS/c1-13(14-7-8-14)26(12-19(20,21)22)17(27)11-28-18-24-15-5-2-3-6-16(15)25(18)10-4-9-23/h2-3,5-6,13-14H,4,7-8,10-12H2,1H3/t13-/m0/s1. The number of carbonyl (C=O) groups is 1. The normalized spacial score (nSPS) is 15.4. The van der Waals surface area contributed by atoms with Gasteiger partial charge in [-0.2, -0.15) is 18.4 Å². The van der Waals surface area contributed by atoms with E-state index >= 15 is 0 Å². The van der Waals surface area contributed by atoms with Gasteiger partial charge in [-0.05, 0) is 37.8 Å². The molecule has 150 valence electrons. The fraction of sp³-hybridized carbons (Fsp3) is 0.526. The zero-order valence-corrected chi connectivity index (χ0v) is 16.3. The van der Waals surface area contributed by atoms with E-state index in [4.69, 9.17) is 5.26 Å². The summed E-state index contributed by atoms with van der Waals surface area (Å²) in [6.45, 7) is 0.876. The first kappa shape index (κ1) is 20.5. The summed E-state index contributed by atoms with van der Waals surface area (Å²) in [4.78, 5) is 18.1. The van der Waals surface area contributed by atoms with Crippen LogP contribution in [0.25, 0.3) is 11.0 Å². The van der Waals surface area contributed by atoms with Crippen LogP contribution in [0.3, 0.4) is 0 Å². The Hall–Kier alpha value is -2.21. The van der Waals surface area contributed by atoms with Gasteiger partial charge < -0.3 is 9.47 Å². The molecular weight excluding hydrogens is 389 g/mol. The Morgan fingerprint density at radius 1 is 1.43 bits per heavy atom. The molecule has 0 unspecified atom stereocenters. The lowest BCUT2D eigenvalue weighted by Crippen LogP contribution is -2.46. The van der Waals surface area contributed by atoms with Crippen molar-refractivity contribution in [2.45, 2.75) is 50.1 Å². The highest BCUT2D eigenvalue weighted by atomic mass is 32.2.